The fourth-order valence-electron chi connectivity index (χ4n) is 7.31. The molecule has 4 atom stereocenters. The molecule has 0 fully saturated rings. The summed E-state index contributed by atoms with van der Waals surface area (Å²) < 4.78 is 33.9. The number of benzene rings is 3. The summed E-state index contributed by atoms with van der Waals surface area (Å²) >= 11 is 6.63. The fraction of sp³-hybridized carbons (Fsp3) is 0.368. The Hall–Kier alpha value is -5.43. The van der Waals surface area contributed by atoms with Gasteiger partial charge in [-0.2, -0.15) is 0 Å². The molecule has 274 valence electrons. The number of carbonyl (C=O) groups is 4. The molecule has 3 aromatic rings. The summed E-state index contributed by atoms with van der Waals surface area (Å²) in [6.07, 6.45) is 0.188. The minimum Gasteiger partial charge on any atom is -0.507 e. The molecule has 1 aliphatic carbocycles. The number of amides is 2. The van der Waals surface area contributed by atoms with E-state index in [4.69, 9.17) is 40.0 Å². The Morgan fingerprint density at radius 1 is 0.981 bits per heavy atom. The Bertz CT molecular complexity index is 1990. The largest absolute Gasteiger partial charge is 0.507 e. The summed E-state index contributed by atoms with van der Waals surface area (Å²) in [6.45, 7) is 1.61. The monoisotopic (exact) mass is 734 g/mol. The molecule has 3 N–H and O–H groups in total. The average Bonchev–Trinajstić information content (AvgIpc) is 3.36. The minimum absolute atomic E-state index is 0.0219. The number of aliphatic hydroxyl groups excluding tert-OH is 1. The number of nitrogens with one attached hydrogen (secondary N) is 2. The second-order valence-corrected chi connectivity index (χ2v) is 13.2. The number of fused-ring (bicyclic) bond motifs is 2. The number of halogens is 1. The lowest BCUT2D eigenvalue weighted by molar-refractivity contribution is -0.127. The number of anilines is 1. The summed E-state index contributed by atoms with van der Waals surface area (Å²) in [6, 6.07) is 11.0. The zero-order valence-electron chi connectivity index (χ0n) is 29.5. The molecule has 0 saturated carbocycles. The van der Waals surface area contributed by atoms with E-state index in [1.807, 2.05) is 18.2 Å². The van der Waals surface area contributed by atoms with Crippen LogP contribution < -0.4 is 39.1 Å². The van der Waals surface area contributed by atoms with Gasteiger partial charge in [0.25, 0.3) is 0 Å². The highest BCUT2D eigenvalue weighted by Crippen LogP contribution is 2.56. The Morgan fingerprint density at radius 2 is 1.63 bits per heavy atom. The number of hydrogen-bond acceptors (Lipinski definition) is 11. The van der Waals surface area contributed by atoms with Gasteiger partial charge < -0.3 is 44.2 Å². The van der Waals surface area contributed by atoms with Crippen LogP contribution in [0.5, 0.6) is 34.5 Å². The summed E-state index contributed by atoms with van der Waals surface area (Å²) in [4.78, 5) is 55.8. The first-order chi connectivity index (χ1) is 24.9. The van der Waals surface area contributed by atoms with Crippen molar-refractivity contribution in [3.63, 3.8) is 0 Å². The van der Waals surface area contributed by atoms with Crippen molar-refractivity contribution in [1.82, 2.24) is 5.32 Å². The molecule has 2 amide bonds. The van der Waals surface area contributed by atoms with Crippen LogP contribution in [0.25, 0.3) is 0 Å². The lowest BCUT2D eigenvalue weighted by Gasteiger charge is -2.39. The molecular weight excluding hydrogens is 696 g/mol. The molecule has 2 aliphatic heterocycles. The first-order valence-electron chi connectivity index (χ1n) is 16.6. The van der Waals surface area contributed by atoms with Gasteiger partial charge in [0.15, 0.2) is 28.8 Å². The van der Waals surface area contributed by atoms with E-state index in [1.54, 1.807) is 25.1 Å². The molecule has 3 aromatic carbocycles. The van der Waals surface area contributed by atoms with E-state index in [-0.39, 0.29) is 57.1 Å². The Kier molecular flexibility index (Phi) is 10.00. The highest BCUT2D eigenvalue weighted by atomic mass is 35.5. The molecule has 0 aromatic heterocycles. The van der Waals surface area contributed by atoms with E-state index in [1.165, 1.54) is 41.6 Å². The number of rotatable bonds is 10. The molecule has 4 unspecified atom stereocenters. The molecule has 0 radical (unpaired) electrons. The topological polar surface area (TPSA) is 168 Å². The van der Waals surface area contributed by atoms with Crippen molar-refractivity contribution in [2.45, 2.75) is 50.2 Å². The third kappa shape index (κ3) is 5.92. The van der Waals surface area contributed by atoms with E-state index >= 15 is 0 Å². The fourth-order valence-corrected chi connectivity index (χ4v) is 7.58. The number of aliphatic hydroxyl groups is 1. The van der Waals surface area contributed by atoms with Gasteiger partial charge >= 0.3 is 0 Å². The minimum atomic E-state index is -2.10. The molecule has 3 aliphatic rings. The Labute approximate surface area is 305 Å². The summed E-state index contributed by atoms with van der Waals surface area (Å²) in [7, 11) is 7.01. The Morgan fingerprint density at radius 3 is 2.27 bits per heavy atom. The molecule has 13 nitrogen and oxygen atoms in total. The average molecular weight is 735 g/mol. The van der Waals surface area contributed by atoms with Crippen LogP contribution in [0.4, 0.5) is 5.69 Å². The lowest BCUT2D eigenvalue weighted by atomic mass is 9.69. The number of carbonyl (C=O) groups excluding carboxylic acids is 4. The van der Waals surface area contributed by atoms with Gasteiger partial charge in [-0.15, -0.1) is 0 Å². The number of allylic oxidation sites excluding steroid dienone is 1. The van der Waals surface area contributed by atoms with Crippen LogP contribution in [0.15, 0.2) is 53.8 Å². The number of methoxy groups -OCH3 is 5. The van der Waals surface area contributed by atoms with Crippen LogP contribution in [0.1, 0.15) is 53.6 Å². The SMILES string of the molecule is COc1cc(OC)c2c(c1Cl)OC1(C2=O)C(O)=C(C(CC(=O)NC2CCc3ccccc3NC2=O)c2cc(OC)c(OC)c(OC)c2)C(=O)CC1C. The second-order valence-electron chi connectivity index (χ2n) is 12.8. The smallest absolute Gasteiger partial charge is 0.246 e. The molecule has 2 heterocycles. The highest BCUT2D eigenvalue weighted by molar-refractivity contribution is 6.35. The third-order valence-electron chi connectivity index (χ3n) is 9.97. The van der Waals surface area contributed by atoms with Gasteiger partial charge in [0.1, 0.15) is 28.1 Å². The molecular formula is C38H39ClN2O11. The molecule has 14 heteroatoms. The number of ketones is 2. The second kappa shape index (κ2) is 14.3. The van der Waals surface area contributed by atoms with Gasteiger partial charge in [0.05, 0.1) is 35.5 Å². The van der Waals surface area contributed by atoms with Gasteiger partial charge in [-0.25, -0.2) is 0 Å². The summed E-state index contributed by atoms with van der Waals surface area (Å²) in [5, 5.41) is 18.0. The van der Waals surface area contributed by atoms with Crippen LogP contribution >= 0.6 is 11.6 Å². The van der Waals surface area contributed by atoms with Crippen LogP contribution in [0, 0.1) is 5.92 Å². The predicted molar refractivity (Wildman–Crippen MR) is 189 cm³/mol. The maximum Gasteiger partial charge on any atom is 0.246 e. The van der Waals surface area contributed by atoms with Crippen molar-refractivity contribution in [3.8, 4) is 34.5 Å². The number of aryl methyl sites for hydroxylation is 1. The van der Waals surface area contributed by atoms with Crippen LogP contribution in [0.2, 0.25) is 5.02 Å². The van der Waals surface area contributed by atoms with Crippen LogP contribution in [-0.4, -0.2) is 75.7 Å². The number of hydrogen-bond donors (Lipinski definition) is 3. The van der Waals surface area contributed by atoms with Crippen LogP contribution in [-0.2, 0) is 20.8 Å². The standard InChI is InChI=1S/C38H39ClN2O11/c1-18-13-24(42)30(35(44)38(18)36(45)31-25(47-2)17-26(48-3)32(39)34(31)52-38)21(20-14-27(49-4)33(51-6)28(15-20)50-5)16-29(43)40-23-12-11-19-9-7-8-10-22(19)41-37(23)46/h7-10,14-15,17-18,21,23,44H,11-13,16H2,1-6H3,(H,40,43)(H,41,46). The van der Waals surface area contributed by atoms with Crippen molar-refractivity contribution in [2.75, 3.05) is 40.9 Å². The molecule has 1 spiro atoms. The highest BCUT2D eigenvalue weighted by Gasteiger charge is 2.61. The van der Waals surface area contributed by atoms with E-state index < -0.39 is 59.0 Å². The summed E-state index contributed by atoms with van der Waals surface area (Å²) in [5.74, 6) is -4.04. The predicted octanol–water partition coefficient (Wildman–Crippen LogP) is 5.36. The first-order valence-corrected chi connectivity index (χ1v) is 16.9. The normalized spacial score (nSPS) is 21.3. The number of ether oxygens (including phenoxy) is 6. The van der Waals surface area contributed by atoms with E-state index in [2.05, 4.69) is 10.6 Å². The first kappa shape index (κ1) is 36.4. The van der Waals surface area contributed by atoms with E-state index in [0.29, 0.717) is 24.1 Å². The van der Waals surface area contributed by atoms with Crippen LogP contribution in [0.3, 0.4) is 0 Å². The molecule has 0 saturated heterocycles. The quantitative estimate of drug-likeness (QED) is 0.245. The number of para-hydroxylation sites is 1. The maximum absolute atomic E-state index is 14.5. The van der Waals surface area contributed by atoms with Gasteiger partial charge in [0, 0.05) is 42.0 Å². The van der Waals surface area contributed by atoms with E-state index in [0.717, 1.165) is 5.56 Å². The molecule has 6 rings (SSSR count). The van der Waals surface area contributed by atoms with Gasteiger partial charge in [-0.05, 0) is 42.2 Å². The third-order valence-corrected chi connectivity index (χ3v) is 10.3. The number of Topliss-reactive ketones (excluding diaryl/α,β-unsaturated/α-hetero) is 2. The zero-order chi connectivity index (χ0) is 37.5. The Balaban J connectivity index is 1.47. The van der Waals surface area contributed by atoms with Crippen molar-refractivity contribution >= 4 is 40.7 Å². The van der Waals surface area contributed by atoms with E-state index in [9.17, 15) is 24.3 Å². The van der Waals surface area contributed by atoms with Crippen molar-refractivity contribution < 1.29 is 52.7 Å². The summed E-state index contributed by atoms with van der Waals surface area (Å²) in [5.41, 5.74) is -0.439. The molecule has 0 bridgehead atoms. The van der Waals surface area contributed by atoms with Crippen molar-refractivity contribution in [2.24, 2.45) is 5.92 Å². The zero-order valence-corrected chi connectivity index (χ0v) is 30.3. The van der Waals surface area contributed by atoms with Gasteiger partial charge in [-0.3, -0.25) is 19.2 Å². The molecule has 52 heavy (non-hydrogen) atoms. The van der Waals surface area contributed by atoms with Crippen molar-refractivity contribution in [3.05, 3.63) is 75.5 Å². The van der Waals surface area contributed by atoms with Gasteiger partial charge in [0.2, 0.25) is 28.9 Å². The van der Waals surface area contributed by atoms with Gasteiger partial charge in [-0.1, -0.05) is 36.7 Å². The maximum atomic E-state index is 14.5. The van der Waals surface area contributed by atoms with Crippen molar-refractivity contribution in [1.29, 1.82) is 0 Å². The lowest BCUT2D eigenvalue weighted by Crippen LogP contribution is -2.53.